The molecule has 0 amide bonds. The molecular weight excluding hydrogens is 382 g/mol. The molecule has 8 heteroatoms. The Kier molecular flexibility index (Phi) is 4.79. The molecule has 0 aliphatic heterocycles. The van der Waals surface area contributed by atoms with Gasteiger partial charge in [-0.1, -0.05) is 48.5 Å². The lowest BCUT2D eigenvalue weighted by molar-refractivity contribution is -0.139. The Labute approximate surface area is 153 Å². The van der Waals surface area contributed by atoms with Gasteiger partial charge in [0.25, 0.3) is 0 Å². The van der Waals surface area contributed by atoms with E-state index >= 15 is 0 Å². The minimum atomic E-state index is -4.80. The van der Waals surface area contributed by atoms with Crippen molar-refractivity contribution in [2.75, 3.05) is 0 Å². The van der Waals surface area contributed by atoms with Crippen LogP contribution in [0.15, 0.2) is 71.6 Å². The topological polar surface area (TPSA) is 60.2 Å². The summed E-state index contributed by atoms with van der Waals surface area (Å²) in [7, 11) is -4.04. The van der Waals surface area contributed by atoms with E-state index in [0.29, 0.717) is 17.2 Å². The van der Waals surface area contributed by atoms with Gasteiger partial charge in [0.05, 0.1) is 10.5 Å². The second kappa shape index (κ2) is 6.79. The molecule has 0 aliphatic carbocycles. The monoisotopic (exact) mass is 395 g/mol. The van der Waals surface area contributed by atoms with Crippen molar-refractivity contribution in [1.82, 2.24) is 0 Å². The van der Waals surface area contributed by atoms with Gasteiger partial charge in [-0.3, -0.25) is 0 Å². The number of sulfonamides is 1. The average molecular weight is 395 g/mol. The van der Waals surface area contributed by atoms with Crippen LogP contribution in [0.4, 0.5) is 17.6 Å². The van der Waals surface area contributed by atoms with Crippen LogP contribution in [-0.2, 0) is 16.2 Å². The highest BCUT2D eigenvalue weighted by molar-refractivity contribution is 7.89. The second-order valence-electron chi connectivity index (χ2n) is 5.78. The first kappa shape index (κ1) is 19.1. The molecule has 0 fully saturated rings. The van der Waals surface area contributed by atoms with Gasteiger partial charge >= 0.3 is 6.18 Å². The number of primary sulfonamides is 1. The van der Waals surface area contributed by atoms with Gasteiger partial charge < -0.3 is 0 Å². The molecule has 3 rings (SSSR count). The van der Waals surface area contributed by atoms with E-state index in [4.69, 9.17) is 5.14 Å². The molecule has 3 aromatic carbocycles. The van der Waals surface area contributed by atoms with Crippen LogP contribution in [-0.4, -0.2) is 8.42 Å². The largest absolute Gasteiger partial charge is 0.419 e. The van der Waals surface area contributed by atoms with Crippen molar-refractivity contribution in [1.29, 1.82) is 0 Å². The number of alkyl halides is 3. The smallest absolute Gasteiger partial charge is 0.225 e. The lowest BCUT2D eigenvalue weighted by atomic mass is 9.94. The fourth-order valence-corrected chi connectivity index (χ4v) is 3.57. The van der Waals surface area contributed by atoms with Crippen molar-refractivity contribution in [3.05, 3.63) is 78.1 Å². The molecule has 140 valence electrons. The molecule has 0 aliphatic rings. The maximum absolute atomic E-state index is 14.0. The van der Waals surface area contributed by atoms with Crippen molar-refractivity contribution >= 4 is 10.0 Å². The Hall–Kier alpha value is -2.71. The fourth-order valence-electron chi connectivity index (χ4n) is 2.82. The van der Waals surface area contributed by atoms with Crippen LogP contribution in [0, 0.1) is 5.82 Å². The summed E-state index contributed by atoms with van der Waals surface area (Å²) in [4.78, 5) is -0.134. The van der Waals surface area contributed by atoms with Gasteiger partial charge in [-0.25, -0.2) is 17.9 Å². The molecule has 0 radical (unpaired) electrons. The summed E-state index contributed by atoms with van der Waals surface area (Å²) < 4.78 is 76.1. The minimum Gasteiger partial charge on any atom is -0.225 e. The van der Waals surface area contributed by atoms with Crippen LogP contribution in [0.2, 0.25) is 0 Å². The molecule has 2 N–H and O–H groups in total. The quantitative estimate of drug-likeness (QED) is 0.646. The van der Waals surface area contributed by atoms with Crippen LogP contribution >= 0.6 is 0 Å². The summed E-state index contributed by atoms with van der Waals surface area (Å²) in [6.07, 6.45) is -4.80. The van der Waals surface area contributed by atoms with Crippen molar-refractivity contribution in [3.63, 3.8) is 0 Å². The lowest BCUT2D eigenvalue weighted by Crippen LogP contribution is -2.13. The molecule has 0 saturated heterocycles. The zero-order chi connectivity index (χ0) is 19.8. The zero-order valence-corrected chi connectivity index (χ0v) is 14.5. The predicted molar refractivity (Wildman–Crippen MR) is 93.6 cm³/mol. The highest BCUT2D eigenvalue weighted by Crippen LogP contribution is 2.38. The molecule has 0 atom stereocenters. The molecule has 3 aromatic rings. The first-order chi connectivity index (χ1) is 12.6. The highest BCUT2D eigenvalue weighted by Gasteiger charge is 2.34. The van der Waals surface area contributed by atoms with Crippen LogP contribution in [0.3, 0.4) is 0 Å². The Bertz CT molecular complexity index is 1110. The molecule has 0 aromatic heterocycles. The Morgan fingerprint density at radius 1 is 0.778 bits per heavy atom. The third kappa shape index (κ3) is 3.86. The van der Waals surface area contributed by atoms with Crippen LogP contribution in [0.1, 0.15) is 5.56 Å². The Morgan fingerprint density at radius 3 is 1.89 bits per heavy atom. The van der Waals surface area contributed by atoms with E-state index in [2.05, 4.69) is 0 Å². The lowest BCUT2D eigenvalue weighted by Gasteiger charge is -2.14. The highest BCUT2D eigenvalue weighted by atomic mass is 32.2. The standard InChI is InChI=1S/C19H13F4NO2S/c20-17-11-12(9-10-16(17)19(21,22)23)13-5-1-2-6-14(13)15-7-3-4-8-18(15)27(24,25)26/h1-11H,(H2,24,25,26). The average Bonchev–Trinajstić information content (AvgIpc) is 2.60. The van der Waals surface area contributed by atoms with Gasteiger partial charge in [0.1, 0.15) is 5.82 Å². The van der Waals surface area contributed by atoms with Crippen molar-refractivity contribution in [2.24, 2.45) is 5.14 Å². The SMILES string of the molecule is NS(=O)(=O)c1ccccc1-c1ccccc1-c1ccc(C(F)(F)F)c(F)c1. The normalized spacial score (nSPS) is 12.2. The predicted octanol–water partition coefficient (Wildman–Crippen LogP) is 4.83. The molecule has 0 saturated carbocycles. The van der Waals surface area contributed by atoms with Crippen LogP contribution in [0.25, 0.3) is 22.3 Å². The zero-order valence-electron chi connectivity index (χ0n) is 13.7. The van der Waals surface area contributed by atoms with Crippen LogP contribution in [0.5, 0.6) is 0 Å². The molecule has 0 bridgehead atoms. The number of nitrogens with two attached hydrogens (primary N) is 1. The van der Waals surface area contributed by atoms with E-state index in [0.717, 1.165) is 12.1 Å². The number of hydrogen-bond acceptors (Lipinski definition) is 2. The van der Waals surface area contributed by atoms with E-state index in [9.17, 15) is 26.0 Å². The van der Waals surface area contributed by atoms with Gasteiger partial charge in [0.15, 0.2) is 0 Å². The Morgan fingerprint density at radius 2 is 1.33 bits per heavy atom. The molecule has 0 heterocycles. The van der Waals surface area contributed by atoms with Gasteiger partial charge in [-0.15, -0.1) is 0 Å². The van der Waals surface area contributed by atoms with E-state index in [1.54, 1.807) is 30.3 Å². The van der Waals surface area contributed by atoms with Crippen molar-refractivity contribution in [3.8, 4) is 22.3 Å². The number of benzene rings is 3. The van der Waals surface area contributed by atoms with E-state index in [1.807, 2.05) is 0 Å². The minimum absolute atomic E-state index is 0.134. The van der Waals surface area contributed by atoms with Gasteiger partial charge in [-0.05, 0) is 34.9 Å². The summed E-state index contributed by atoms with van der Waals surface area (Å²) in [5, 5.41) is 5.26. The molecule has 3 nitrogen and oxygen atoms in total. The number of rotatable bonds is 3. The van der Waals surface area contributed by atoms with Gasteiger partial charge in [0, 0.05) is 5.56 Å². The molecular formula is C19H13F4NO2S. The fraction of sp³-hybridized carbons (Fsp3) is 0.0526. The van der Waals surface area contributed by atoms with E-state index < -0.39 is 27.6 Å². The van der Waals surface area contributed by atoms with Crippen molar-refractivity contribution in [2.45, 2.75) is 11.1 Å². The van der Waals surface area contributed by atoms with Crippen molar-refractivity contribution < 1.29 is 26.0 Å². The summed E-state index contributed by atoms with van der Waals surface area (Å²) in [6, 6.07) is 15.0. The van der Waals surface area contributed by atoms with Crippen LogP contribution < -0.4 is 5.14 Å². The first-order valence-electron chi connectivity index (χ1n) is 7.67. The maximum Gasteiger partial charge on any atom is 0.419 e. The molecule has 0 spiro atoms. The Balaban J connectivity index is 2.22. The van der Waals surface area contributed by atoms with Gasteiger partial charge in [-0.2, -0.15) is 13.2 Å². The molecule has 27 heavy (non-hydrogen) atoms. The van der Waals surface area contributed by atoms with E-state index in [-0.39, 0.29) is 16.0 Å². The third-order valence-corrected chi connectivity index (χ3v) is 4.97. The first-order valence-corrected chi connectivity index (χ1v) is 9.22. The van der Waals surface area contributed by atoms with Gasteiger partial charge in [0.2, 0.25) is 10.0 Å². The second-order valence-corrected chi connectivity index (χ2v) is 7.31. The maximum atomic E-state index is 14.0. The van der Waals surface area contributed by atoms with E-state index in [1.165, 1.54) is 18.2 Å². The summed E-state index contributed by atoms with van der Waals surface area (Å²) in [5.74, 6) is -1.41. The summed E-state index contributed by atoms with van der Waals surface area (Å²) in [5.41, 5.74) is -0.132. The number of halogens is 4. The summed E-state index contributed by atoms with van der Waals surface area (Å²) in [6.45, 7) is 0. The third-order valence-electron chi connectivity index (χ3n) is 4.00. The summed E-state index contributed by atoms with van der Waals surface area (Å²) >= 11 is 0. The number of hydrogen-bond donors (Lipinski definition) is 1. The molecule has 0 unspecified atom stereocenters.